The van der Waals surface area contributed by atoms with E-state index in [4.69, 9.17) is 13.0 Å². The van der Waals surface area contributed by atoms with Crippen molar-refractivity contribution in [2.75, 3.05) is 0 Å². The van der Waals surface area contributed by atoms with Gasteiger partial charge in [-0.3, -0.25) is 14.4 Å². The average Bonchev–Trinajstić information content (AvgIpc) is 2.39. The van der Waals surface area contributed by atoms with E-state index in [1.807, 2.05) is 13.8 Å². The number of hydrogen-bond acceptors (Lipinski definition) is 3. The van der Waals surface area contributed by atoms with Crippen molar-refractivity contribution in [3.05, 3.63) is 0 Å². The number of Topliss-reactive ketones (excluding diaryl/α,β-unsaturated/α-hetero) is 2. The van der Waals surface area contributed by atoms with Crippen molar-refractivity contribution < 1.29 is 19.5 Å². The molecule has 0 aliphatic heterocycles. The van der Waals surface area contributed by atoms with Crippen LogP contribution >= 0.6 is 0 Å². The van der Waals surface area contributed by atoms with E-state index in [1.165, 1.54) is 0 Å². The van der Waals surface area contributed by atoms with E-state index in [1.54, 1.807) is 6.92 Å². The van der Waals surface area contributed by atoms with E-state index in [2.05, 4.69) is 0 Å². The van der Waals surface area contributed by atoms with Crippen LogP contribution in [-0.2, 0) is 14.4 Å². The number of carbonyl (C=O) groups is 3. The molecule has 3 unspecified atom stereocenters. The summed E-state index contributed by atoms with van der Waals surface area (Å²) in [5, 5.41) is 8.84. The molecule has 0 aromatic rings. The molecule has 0 spiro atoms. The first kappa shape index (κ1) is 19.9. The van der Waals surface area contributed by atoms with Gasteiger partial charge in [-0.2, -0.15) is 0 Å². The quantitative estimate of drug-likeness (QED) is 0.561. The molecular weight excluding hydrogens is 267 g/mol. The smallest absolute Gasteiger partial charge is 0.303 e. The van der Waals surface area contributed by atoms with Gasteiger partial charge in [0, 0.05) is 24.7 Å². The number of carboxylic acids is 1. The summed E-state index contributed by atoms with van der Waals surface area (Å²) in [7, 11) is 5.44. The monoisotopic (exact) mass is 294 g/mol. The van der Waals surface area contributed by atoms with Crippen LogP contribution in [0.1, 0.15) is 59.3 Å². The zero-order valence-corrected chi connectivity index (χ0v) is 13.4. The molecule has 1 N–H and O–H groups in total. The summed E-state index contributed by atoms with van der Waals surface area (Å²) in [6.07, 6.45) is 3.33. The highest BCUT2D eigenvalue weighted by molar-refractivity contribution is 6.08. The lowest BCUT2D eigenvalue weighted by Crippen LogP contribution is -2.24. The van der Waals surface area contributed by atoms with Crippen molar-refractivity contribution in [3.8, 4) is 0 Å². The van der Waals surface area contributed by atoms with Crippen LogP contribution in [0.15, 0.2) is 0 Å². The fraction of sp³-hybridized carbons (Fsp3) is 0.812. The van der Waals surface area contributed by atoms with E-state index in [0.717, 1.165) is 0 Å². The fourth-order valence-electron chi connectivity index (χ4n) is 2.67. The third-order valence-electron chi connectivity index (χ3n) is 3.93. The average molecular weight is 294 g/mol. The Morgan fingerprint density at radius 2 is 1.76 bits per heavy atom. The summed E-state index contributed by atoms with van der Waals surface area (Å²) in [6, 6.07) is 0. The SMILES string of the molecule is [B]CCCC(=O)C(CC(C)CC(=O)O)CC(CC)C(C)=O. The largest absolute Gasteiger partial charge is 0.481 e. The van der Waals surface area contributed by atoms with Crippen LogP contribution in [0.25, 0.3) is 0 Å². The number of aliphatic carboxylic acids is 1. The molecule has 0 bridgehead atoms. The number of rotatable bonds is 12. The number of carbonyl (C=O) groups excluding carboxylic acids is 2. The maximum Gasteiger partial charge on any atom is 0.303 e. The van der Waals surface area contributed by atoms with E-state index >= 15 is 0 Å². The highest BCUT2D eigenvalue weighted by Crippen LogP contribution is 2.26. The number of hydrogen-bond donors (Lipinski definition) is 1. The first-order valence-electron chi connectivity index (χ1n) is 7.76. The molecule has 0 heterocycles. The number of carboxylic acid groups (broad SMARTS) is 1. The summed E-state index contributed by atoms with van der Waals surface area (Å²) >= 11 is 0. The van der Waals surface area contributed by atoms with Crippen LogP contribution in [-0.4, -0.2) is 30.5 Å². The van der Waals surface area contributed by atoms with Gasteiger partial charge in [0.25, 0.3) is 0 Å². The topological polar surface area (TPSA) is 71.4 Å². The van der Waals surface area contributed by atoms with Gasteiger partial charge in [0.05, 0.1) is 7.85 Å². The Hall–Kier alpha value is -1.13. The Bertz CT molecular complexity index is 354. The van der Waals surface area contributed by atoms with Gasteiger partial charge in [0.2, 0.25) is 0 Å². The van der Waals surface area contributed by atoms with Gasteiger partial charge < -0.3 is 5.11 Å². The molecule has 0 saturated heterocycles. The first-order valence-corrected chi connectivity index (χ1v) is 7.76. The van der Waals surface area contributed by atoms with Crippen molar-refractivity contribution in [2.45, 2.75) is 65.6 Å². The van der Waals surface area contributed by atoms with Crippen LogP contribution in [0.5, 0.6) is 0 Å². The second kappa shape index (κ2) is 10.6. The van der Waals surface area contributed by atoms with Crippen LogP contribution in [0.2, 0.25) is 6.32 Å². The van der Waals surface area contributed by atoms with E-state index in [-0.39, 0.29) is 35.7 Å². The molecule has 118 valence electrons. The normalized spacial score (nSPS) is 15.2. The van der Waals surface area contributed by atoms with E-state index < -0.39 is 5.97 Å². The molecule has 0 saturated carbocycles. The minimum atomic E-state index is -0.853. The predicted molar refractivity (Wildman–Crippen MR) is 83.4 cm³/mol. The molecule has 0 aromatic carbocycles. The third kappa shape index (κ3) is 8.69. The second-order valence-corrected chi connectivity index (χ2v) is 5.95. The molecule has 0 aromatic heterocycles. The van der Waals surface area contributed by atoms with Gasteiger partial charge in [-0.05, 0) is 32.1 Å². The summed E-state index contributed by atoms with van der Waals surface area (Å²) in [5.74, 6) is -1.07. The summed E-state index contributed by atoms with van der Waals surface area (Å²) in [5.41, 5.74) is 0. The molecule has 0 fully saturated rings. The number of ketones is 2. The highest BCUT2D eigenvalue weighted by atomic mass is 16.4. The van der Waals surface area contributed by atoms with Gasteiger partial charge in [0.15, 0.2) is 0 Å². The minimum Gasteiger partial charge on any atom is -0.481 e. The molecule has 0 amide bonds. The van der Waals surface area contributed by atoms with Gasteiger partial charge in [-0.25, -0.2) is 0 Å². The molecule has 5 heteroatoms. The first-order chi connectivity index (χ1) is 9.81. The van der Waals surface area contributed by atoms with Crippen LogP contribution in [0.4, 0.5) is 0 Å². The Morgan fingerprint density at radius 3 is 2.19 bits per heavy atom. The van der Waals surface area contributed by atoms with Crippen molar-refractivity contribution >= 4 is 25.4 Å². The molecular formula is C16H27BO4. The summed E-state index contributed by atoms with van der Waals surface area (Å²) in [4.78, 5) is 34.6. The lowest BCUT2D eigenvalue weighted by molar-refractivity contribution is -0.138. The second-order valence-electron chi connectivity index (χ2n) is 5.95. The Kier molecular flexibility index (Phi) is 10.0. The highest BCUT2D eigenvalue weighted by Gasteiger charge is 2.26. The van der Waals surface area contributed by atoms with Gasteiger partial charge in [-0.1, -0.05) is 26.6 Å². The zero-order chi connectivity index (χ0) is 16.4. The summed E-state index contributed by atoms with van der Waals surface area (Å²) in [6.45, 7) is 5.33. The Morgan fingerprint density at radius 1 is 1.14 bits per heavy atom. The maximum atomic E-state index is 12.3. The zero-order valence-electron chi connectivity index (χ0n) is 13.4. The molecule has 0 rings (SSSR count). The van der Waals surface area contributed by atoms with Gasteiger partial charge >= 0.3 is 5.97 Å². The van der Waals surface area contributed by atoms with Crippen LogP contribution < -0.4 is 0 Å². The van der Waals surface area contributed by atoms with Crippen molar-refractivity contribution in [1.29, 1.82) is 0 Å². The maximum absolute atomic E-state index is 12.3. The molecule has 21 heavy (non-hydrogen) atoms. The molecule has 0 aliphatic carbocycles. The van der Waals surface area contributed by atoms with Crippen molar-refractivity contribution in [3.63, 3.8) is 0 Å². The van der Waals surface area contributed by atoms with Crippen LogP contribution in [0, 0.1) is 17.8 Å². The van der Waals surface area contributed by atoms with E-state index in [9.17, 15) is 14.4 Å². The lowest BCUT2D eigenvalue weighted by atomic mass is 9.80. The minimum absolute atomic E-state index is 0.0531. The van der Waals surface area contributed by atoms with Gasteiger partial charge in [0.1, 0.15) is 11.6 Å². The molecule has 2 radical (unpaired) electrons. The van der Waals surface area contributed by atoms with Crippen LogP contribution in [0.3, 0.4) is 0 Å². The summed E-state index contributed by atoms with van der Waals surface area (Å²) < 4.78 is 0. The molecule has 0 aliphatic rings. The molecule has 3 atom stereocenters. The molecule has 4 nitrogen and oxygen atoms in total. The lowest BCUT2D eigenvalue weighted by Gasteiger charge is -2.22. The Balaban J connectivity index is 4.78. The Labute approximate surface area is 129 Å². The van der Waals surface area contributed by atoms with Crippen molar-refractivity contribution in [2.24, 2.45) is 17.8 Å². The van der Waals surface area contributed by atoms with E-state index in [0.29, 0.717) is 38.4 Å². The standard InChI is InChI=1S/C16H27BO4/c1-4-13(12(3)18)10-14(15(19)6-5-7-17)8-11(2)9-16(20)21/h11,13-14H,4-10H2,1-3H3,(H,20,21). The fourth-order valence-corrected chi connectivity index (χ4v) is 2.67. The van der Waals surface area contributed by atoms with Crippen molar-refractivity contribution in [1.82, 2.24) is 0 Å². The third-order valence-corrected chi connectivity index (χ3v) is 3.93. The van der Waals surface area contributed by atoms with Gasteiger partial charge in [-0.15, -0.1) is 0 Å². The predicted octanol–water partition coefficient (Wildman–Crippen LogP) is 3.04.